The molecule has 2 N–H and O–H groups in total. The summed E-state index contributed by atoms with van der Waals surface area (Å²) in [6.07, 6.45) is 9.18. The Labute approximate surface area is 170 Å². The van der Waals surface area contributed by atoms with E-state index in [1.807, 2.05) is 21.1 Å². The Kier molecular flexibility index (Phi) is 15.0. The summed E-state index contributed by atoms with van der Waals surface area (Å²) in [4.78, 5) is 22.9. The van der Waals surface area contributed by atoms with Gasteiger partial charge in [-0.3, -0.25) is 4.79 Å². The van der Waals surface area contributed by atoms with Crippen molar-refractivity contribution in [2.24, 2.45) is 0 Å². The first-order valence-electron chi connectivity index (χ1n) is 10.6. The van der Waals surface area contributed by atoms with Crippen molar-refractivity contribution in [3.05, 3.63) is 0 Å². The van der Waals surface area contributed by atoms with Gasteiger partial charge >= 0.3 is 11.9 Å². The van der Waals surface area contributed by atoms with E-state index in [1.54, 1.807) is 0 Å². The van der Waals surface area contributed by atoms with Crippen LogP contribution >= 0.6 is 0 Å². The average molecular weight is 405 g/mol. The minimum atomic E-state index is -0.894. The Morgan fingerprint density at radius 2 is 1.50 bits per heavy atom. The molecule has 0 aliphatic carbocycles. The highest BCUT2D eigenvalue weighted by atomic mass is 16.5. The van der Waals surface area contributed by atoms with Gasteiger partial charge in [-0.1, -0.05) is 51.9 Å². The van der Waals surface area contributed by atoms with E-state index in [-0.39, 0.29) is 25.8 Å². The normalized spacial score (nSPS) is 13.9. The Hall–Kier alpha value is -1.18. The molecule has 2 atom stereocenters. The van der Waals surface area contributed by atoms with E-state index in [2.05, 4.69) is 6.92 Å². The number of aliphatic hydroxyl groups excluding tert-OH is 1. The molecule has 0 fully saturated rings. The lowest BCUT2D eigenvalue weighted by Crippen LogP contribution is -2.50. The van der Waals surface area contributed by atoms with Crippen LogP contribution in [0.25, 0.3) is 0 Å². The highest BCUT2D eigenvalue weighted by molar-refractivity contribution is 5.72. The molecule has 7 nitrogen and oxygen atoms in total. The van der Waals surface area contributed by atoms with Gasteiger partial charge in [0.25, 0.3) is 0 Å². The number of carboxylic acid groups (broad SMARTS) is 1. The van der Waals surface area contributed by atoms with Gasteiger partial charge in [-0.05, 0) is 6.42 Å². The van der Waals surface area contributed by atoms with Gasteiger partial charge in [-0.15, -0.1) is 0 Å². The predicted molar refractivity (Wildman–Crippen MR) is 109 cm³/mol. The molecule has 0 amide bonds. The van der Waals surface area contributed by atoms with E-state index in [1.165, 1.54) is 32.1 Å². The van der Waals surface area contributed by atoms with E-state index < -0.39 is 18.1 Å². The topological polar surface area (TPSA) is 93.1 Å². The third-order valence-corrected chi connectivity index (χ3v) is 4.74. The lowest BCUT2D eigenvalue weighted by molar-refractivity contribution is -0.887. The largest absolute Gasteiger partial charge is 0.477 e. The fourth-order valence-electron chi connectivity index (χ4n) is 2.97. The molecule has 0 aliphatic heterocycles. The van der Waals surface area contributed by atoms with E-state index >= 15 is 0 Å². The van der Waals surface area contributed by atoms with E-state index in [0.29, 0.717) is 17.3 Å². The fourth-order valence-corrected chi connectivity index (χ4v) is 2.97. The number of aliphatic hydroxyl groups is 1. The summed E-state index contributed by atoms with van der Waals surface area (Å²) >= 11 is 0. The van der Waals surface area contributed by atoms with Crippen molar-refractivity contribution in [1.29, 1.82) is 0 Å². The zero-order chi connectivity index (χ0) is 21.4. The molecule has 0 spiro atoms. The number of hydrogen-bond donors (Lipinski definition) is 2. The molecule has 7 heteroatoms. The van der Waals surface area contributed by atoms with Crippen LogP contribution in [0.5, 0.6) is 0 Å². The first kappa shape index (κ1) is 26.8. The Bertz CT molecular complexity index is 422. The lowest BCUT2D eigenvalue weighted by Gasteiger charge is -2.31. The molecule has 0 radical (unpaired) electrons. The quantitative estimate of drug-likeness (QED) is 0.207. The van der Waals surface area contributed by atoms with Crippen molar-refractivity contribution in [3.63, 3.8) is 0 Å². The van der Waals surface area contributed by atoms with Crippen molar-refractivity contribution >= 4 is 11.9 Å². The zero-order valence-electron chi connectivity index (χ0n) is 18.3. The molecule has 28 heavy (non-hydrogen) atoms. The molecule has 0 saturated carbocycles. The number of esters is 1. The molecule has 0 rings (SSSR count). The van der Waals surface area contributed by atoms with E-state index in [4.69, 9.17) is 9.47 Å². The van der Waals surface area contributed by atoms with Crippen molar-refractivity contribution < 1.29 is 33.8 Å². The number of ether oxygens (including phenoxy) is 2. The molecular formula is C21H42NO6+. The lowest BCUT2D eigenvalue weighted by atomic mass is 10.1. The van der Waals surface area contributed by atoms with Crippen molar-refractivity contribution in [1.82, 2.24) is 0 Å². The summed E-state index contributed by atoms with van der Waals surface area (Å²) in [7, 11) is 5.46. The molecule has 0 aromatic carbocycles. The summed E-state index contributed by atoms with van der Waals surface area (Å²) in [6, 6.07) is -0.568. The average Bonchev–Trinajstić information content (AvgIpc) is 2.60. The van der Waals surface area contributed by atoms with Crippen LogP contribution in [0, 0.1) is 0 Å². The van der Waals surface area contributed by atoms with E-state index in [9.17, 15) is 19.8 Å². The molecule has 0 bridgehead atoms. The smallest absolute Gasteiger partial charge is 0.362 e. The number of likely N-dealkylation sites (N-methyl/N-ethyl adjacent to an activating group) is 1. The molecule has 0 saturated heterocycles. The number of carbonyl (C=O) groups excluding carboxylic acids is 1. The van der Waals surface area contributed by atoms with Crippen LogP contribution in [0.1, 0.15) is 71.1 Å². The van der Waals surface area contributed by atoms with Gasteiger partial charge in [0.05, 0.1) is 34.4 Å². The van der Waals surface area contributed by atoms with Crippen molar-refractivity contribution in [2.45, 2.75) is 83.3 Å². The minimum absolute atomic E-state index is 0.0223. The van der Waals surface area contributed by atoms with Crippen LogP contribution in [0.3, 0.4) is 0 Å². The van der Waals surface area contributed by atoms with Crippen LogP contribution in [0.4, 0.5) is 0 Å². The number of quaternary nitrogens is 1. The second-order valence-electron chi connectivity index (χ2n) is 8.40. The fraction of sp³-hybridized carbons (Fsp3) is 0.905. The number of carboxylic acids is 1. The number of nitrogens with zero attached hydrogens (tertiary/aromatic N) is 1. The van der Waals surface area contributed by atoms with Gasteiger partial charge in [0.15, 0.2) is 6.04 Å². The Morgan fingerprint density at radius 1 is 0.929 bits per heavy atom. The summed E-state index contributed by atoms with van der Waals surface area (Å²) in [6.45, 7) is 2.37. The van der Waals surface area contributed by atoms with Crippen LogP contribution in [0.2, 0.25) is 0 Å². The van der Waals surface area contributed by atoms with Gasteiger partial charge in [-0.2, -0.15) is 0 Å². The highest BCUT2D eigenvalue weighted by Gasteiger charge is 2.30. The van der Waals surface area contributed by atoms with Crippen molar-refractivity contribution in [2.75, 3.05) is 41.0 Å². The summed E-state index contributed by atoms with van der Waals surface area (Å²) in [5, 5.41) is 19.1. The monoisotopic (exact) mass is 404 g/mol. The summed E-state index contributed by atoms with van der Waals surface area (Å²) in [5.41, 5.74) is 0. The second kappa shape index (κ2) is 15.7. The zero-order valence-corrected chi connectivity index (χ0v) is 18.3. The Morgan fingerprint density at radius 3 is 2.04 bits per heavy atom. The molecular weight excluding hydrogens is 362 g/mol. The number of carbonyl (C=O) groups is 2. The Balaban J connectivity index is 3.68. The van der Waals surface area contributed by atoms with Gasteiger partial charge in [-0.25, -0.2) is 4.79 Å². The first-order chi connectivity index (χ1) is 13.2. The molecule has 0 aromatic heterocycles. The number of unbranched alkanes of at least 4 members (excludes halogenated alkanes) is 7. The van der Waals surface area contributed by atoms with Gasteiger partial charge < -0.3 is 24.2 Å². The molecule has 0 aromatic rings. The summed E-state index contributed by atoms with van der Waals surface area (Å²) in [5.74, 6) is -1.16. The van der Waals surface area contributed by atoms with Crippen LogP contribution in [-0.2, 0) is 19.1 Å². The third-order valence-electron chi connectivity index (χ3n) is 4.74. The summed E-state index contributed by atoms with van der Waals surface area (Å²) < 4.78 is 10.7. The third kappa shape index (κ3) is 14.8. The predicted octanol–water partition coefficient (Wildman–Crippen LogP) is 2.99. The maximum Gasteiger partial charge on any atom is 0.362 e. The highest BCUT2D eigenvalue weighted by Crippen LogP contribution is 2.10. The van der Waals surface area contributed by atoms with Crippen LogP contribution < -0.4 is 0 Å². The van der Waals surface area contributed by atoms with Crippen LogP contribution in [-0.4, -0.2) is 79.7 Å². The van der Waals surface area contributed by atoms with Gasteiger partial charge in [0.1, 0.15) is 12.7 Å². The maximum absolute atomic E-state index is 11.7. The number of rotatable bonds is 18. The first-order valence-corrected chi connectivity index (χ1v) is 10.6. The number of hydrogen-bond acceptors (Lipinski definition) is 5. The molecule has 0 aliphatic rings. The number of aliphatic carboxylic acids is 1. The second-order valence-corrected chi connectivity index (χ2v) is 8.40. The van der Waals surface area contributed by atoms with Gasteiger partial charge in [0, 0.05) is 12.8 Å². The molecule has 2 unspecified atom stereocenters. The SMILES string of the molecule is CCCCCCCCCCC(=O)OCC(O)COCCC(C(=O)O)[N+](C)(C)C. The van der Waals surface area contributed by atoms with E-state index in [0.717, 1.165) is 19.3 Å². The minimum Gasteiger partial charge on any atom is -0.477 e. The standard InChI is InChI=1S/C21H41NO6/c1-5-6-7-8-9-10-11-12-13-20(24)28-17-18(23)16-27-15-14-19(21(25)26)22(2,3)4/h18-19,23H,5-17H2,1-4H3/p+1. The maximum atomic E-state index is 11.7. The van der Waals surface area contributed by atoms with Crippen molar-refractivity contribution in [3.8, 4) is 0 Å². The van der Waals surface area contributed by atoms with Gasteiger partial charge in [0.2, 0.25) is 0 Å². The molecule has 166 valence electrons. The molecule has 0 heterocycles. The van der Waals surface area contributed by atoms with Crippen LogP contribution in [0.15, 0.2) is 0 Å².